The van der Waals surface area contributed by atoms with E-state index in [1.807, 2.05) is 13.8 Å². The molecule has 268 valence electrons. The quantitative estimate of drug-likeness (QED) is 0.0760. The van der Waals surface area contributed by atoms with Gasteiger partial charge in [-0.05, 0) is 87.9 Å². The van der Waals surface area contributed by atoms with Crippen LogP contribution in [0.5, 0.6) is 0 Å². The Kier molecular flexibility index (Phi) is 17.1. The van der Waals surface area contributed by atoms with Crippen molar-refractivity contribution >= 4 is 89.8 Å². The number of hydrogen-bond donors (Lipinski definition) is 6. The number of anilines is 3. The molecule has 0 saturated carbocycles. The number of esters is 1. The molecule has 0 bridgehead atoms. The second-order valence-electron chi connectivity index (χ2n) is 9.98. The molecule has 2 amide bonds. The minimum absolute atomic E-state index is 0.137. The molecule has 16 nitrogen and oxygen atoms in total. The summed E-state index contributed by atoms with van der Waals surface area (Å²) < 4.78 is 14.9. The Morgan fingerprint density at radius 3 is 2.00 bits per heavy atom. The van der Waals surface area contributed by atoms with Gasteiger partial charge >= 0.3 is 19.5 Å². The van der Waals surface area contributed by atoms with E-state index in [1.54, 1.807) is 25.1 Å². The number of nitrogens with one attached hydrogen (secondary N) is 3. The minimum Gasteiger partial charge on any atom is -0.480 e. The van der Waals surface area contributed by atoms with Crippen LogP contribution >= 0.6 is 42.4 Å². The zero-order valence-electron chi connectivity index (χ0n) is 26.8. The van der Waals surface area contributed by atoms with Gasteiger partial charge in [0.1, 0.15) is 5.03 Å². The molecular formula is C29H37Cl3N7O9P. The molecular weight excluding hydrogens is 728 g/mol. The highest BCUT2D eigenvalue weighted by Crippen LogP contribution is 2.37. The van der Waals surface area contributed by atoms with E-state index < -0.39 is 32.4 Å². The van der Waals surface area contributed by atoms with Gasteiger partial charge in [0.25, 0.3) is 11.8 Å². The van der Waals surface area contributed by atoms with Gasteiger partial charge in [-0.15, -0.1) is 0 Å². The van der Waals surface area contributed by atoms with Gasteiger partial charge < -0.3 is 30.3 Å². The van der Waals surface area contributed by atoms with Crippen LogP contribution in [0.25, 0.3) is 6.08 Å². The molecule has 2 heterocycles. The van der Waals surface area contributed by atoms with Gasteiger partial charge in [0, 0.05) is 29.3 Å². The van der Waals surface area contributed by atoms with Crippen LogP contribution in [0.3, 0.4) is 0 Å². The molecule has 2 aliphatic rings. The van der Waals surface area contributed by atoms with Crippen LogP contribution in [0.4, 0.5) is 17.6 Å². The molecule has 0 atom stereocenters. The normalized spacial score (nSPS) is 14.3. The van der Waals surface area contributed by atoms with Crippen LogP contribution in [0.2, 0.25) is 10.3 Å². The fourth-order valence-corrected chi connectivity index (χ4v) is 5.19. The fraction of sp³-hybridized carbons (Fsp3) is 0.414. The van der Waals surface area contributed by atoms with Gasteiger partial charge in [0.15, 0.2) is 0 Å². The predicted molar refractivity (Wildman–Crippen MR) is 186 cm³/mol. The van der Waals surface area contributed by atoms with E-state index in [0.29, 0.717) is 52.2 Å². The van der Waals surface area contributed by atoms with Gasteiger partial charge in [-0.3, -0.25) is 24.3 Å². The number of carboxylic acid groups (broad SMARTS) is 1. The van der Waals surface area contributed by atoms with E-state index in [4.69, 9.17) is 54.4 Å². The highest BCUT2D eigenvalue weighted by Gasteiger charge is 2.39. The Morgan fingerprint density at radius 2 is 1.53 bits per heavy atom. The van der Waals surface area contributed by atoms with Crippen molar-refractivity contribution in [3.8, 4) is 0 Å². The van der Waals surface area contributed by atoms with Crippen molar-refractivity contribution in [1.29, 1.82) is 0 Å². The summed E-state index contributed by atoms with van der Waals surface area (Å²) in [7, 11) is -4.10. The number of halogens is 3. The summed E-state index contributed by atoms with van der Waals surface area (Å²) in [6.07, 6.45) is 3.85. The maximum Gasteiger partial charge on any atom is 0.349 e. The van der Waals surface area contributed by atoms with E-state index in [2.05, 4.69) is 30.9 Å². The number of nitrogens with zero attached hydrogens (tertiary/aromatic N) is 4. The van der Waals surface area contributed by atoms with Crippen LogP contribution < -0.4 is 20.9 Å². The number of aromatic nitrogens is 3. The highest BCUT2D eigenvalue weighted by atomic mass is 35.5. The first-order valence-corrected chi connectivity index (χ1v) is 17.9. The molecule has 0 unspecified atom stereocenters. The average Bonchev–Trinajstić information content (AvgIpc) is 3.27. The molecule has 1 aliphatic heterocycles. The Morgan fingerprint density at radius 1 is 0.980 bits per heavy atom. The van der Waals surface area contributed by atoms with Crippen LogP contribution in [-0.2, 0) is 28.5 Å². The molecule has 4 rings (SSSR count). The topological polar surface area (TPSA) is 233 Å². The number of imide groups is 1. The molecule has 0 saturated heterocycles. The summed E-state index contributed by atoms with van der Waals surface area (Å²) in [6, 6.07) is 4.74. The summed E-state index contributed by atoms with van der Waals surface area (Å²) in [6.45, 7) is 6.87. The van der Waals surface area contributed by atoms with Crippen LogP contribution in [0, 0.1) is 0 Å². The summed E-state index contributed by atoms with van der Waals surface area (Å²) in [5.41, 5.74) is 2.04. The van der Waals surface area contributed by atoms with Crippen molar-refractivity contribution < 1.29 is 43.4 Å². The van der Waals surface area contributed by atoms with Gasteiger partial charge in [0.05, 0.1) is 25.1 Å². The number of benzene rings is 1. The first-order valence-electron chi connectivity index (χ1n) is 14.9. The number of hydrogen-bond acceptors (Lipinski definition) is 12. The van der Waals surface area contributed by atoms with Gasteiger partial charge in [-0.2, -0.15) is 15.0 Å². The predicted octanol–water partition coefficient (Wildman–Crippen LogP) is 4.41. The molecule has 49 heavy (non-hydrogen) atoms. The lowest BCUT2D eigenvalue weighted by molar-refractivity contribution is -0.138. The molecule has 0 spiro atoms. The van der Waals surface area contributed by atoms with E-state index >= 15 is 0 Å². The van der Waals surface area contributed by atoms with Crippen molar-refractivity contribution in [2.24, 2.45) is 0 Å². The number of carbonyl (C=O) groups is 4. The molecule has 6 N–H and O–H groups in total. The first kappa shape index (κ1) is 41.5. The monoisotopic (exact) mass is 763 g/mol. The Hall–Kier alpha value is -3.63. The molecule has 2 aromatic rings. The largest absolute Gasteiger partial charge is 0.480 e. The first-order chi connectivity index (χ1) is 23.1. The zero-order chi connectivity index (χ0) is 36.7. The lowest BCUT2D eigenvalue weighted by Gasteiger charge is -2.16. The second-order valence-corrected chi connectivity index (χ2v) is 12.8. The molecule has 20 heteroatoms. The second kappa shape index (κ2) is 20.1. The van der Waals surface area contributed by atoms with Crippen molar-refractivity contribution in [2.45, 2.75) is 46.5 Å². The van der Waals surface area contributed by atoms with E-state index in [1.165, 1.54) is 11.0 Å². The Labute approximate surface area is 297 Å². The number of ether oxygens (including phenoxy) is 1. The lowest BCUT2D eigenvalue weighted by atomic mass is 9.93. The van der Waals surface area contributed by atoms with Crippen LogP contribution in [0.15, 0.2) is 34.4 Å². The zero-order valence-corrected chi connectivity index (χ0v) is 30.0. The number of carboxylic acids is 1. The number of amides is 2. The third kappa shape index (κ3) is 13.7. The van der Waals surface area contributed by atoms with Crippen LogP contribution in [-0.4, -0.2) is 86.1 Å². The van der Waals surface area contributed by atoms with E-state index in [9.17, 15) is 23.7 Å². The molecule has 0 radical (unpaired) electrons. The van der Waals surface area contributed by atoms with Crippen molar-refractivity contribution in [3.05, 3.63) is 50.2 Å². The molecule has 1 aromatic carbocycles. The van der Waals surface area contributed by atoms with Crippen molar-refractivity contribution in [3.63, 3.8) is 0 Å². The maximum absolute atomic E-state index is 12.7. The lowest BCUT2D eigenvalue weighted by Crippen LogP contribution is -2.31. The fourth-order valence-electron chi connectivity index (χ4n) is 4.28. The van der Waals surface area contributed by atoms with Crippen LogP contribution in [0.1, 0.15) is 52.0 Å². The Balaban J connectivity index is 0.000000302. The number of rotatable bonds is 12. The average molecular weight is 765 g/mol. The molecule has 1 aliphatic carbocycles. The summed E-state index contributed by atoms with van der Waals surface area (Å²) in [5.74, 6) is -1.37. The minimum atomic E-state index is -4.10. The van der Waals surface area contributed by atoms with E-state index in [0.717, 1.165) is 25.9 Å². The third-order valence-corrected chi connectivity index (χ3v) is 7.66. The van der Waals surface area contributed by atoms with E-state index in [-0.39, 0.29) is 28.7 Å². The third-order valence-electron chi connectivity index (χ3n) is 6.25. The molecule has 0 fully saturated rings. The van der Waals surface area contributed by atoms with Crippen molar-refractivity contribution in [1.82, 2.24) is 20.3 Å². The SMILES string of the molecule is CCNc1nc(Cl)nc(NCC)n1.CCOC(=O)/C(Cl)=C/c1cc(N2C(=O)C3=C(CCCC3)C2=O)ccc1Cl.O=C(O)CNCP(=O)(O)O. The standard InChI is InChI=1S/C19H17Cl2NO4.C7H12ClN5.C3H8NO5P/c1-2-26-19(25)16(21)10-11-9-12(7-8-15(11)20)22-17(23)13-5-3-4-6-14(13)18(22)24;1-3-9-6-11-5(8)12-7(13-6)10-4-2;5-3(6)1-4-2-10(7,8)9/h7-10H,2-6H2,1H3;3-4H2,1-2H3,(H2,9,10,11,12,13);4H,1-2H2,(H,5,6)(H2,7,8,9)/b16-10-;;. The molecule has 1 aromatic heterocycles. The summed E-state index contributed by atoms with van der Waals surface area (Å²) in [5, 5.41) is 16.4. The Bertz CT molecular complexity index is 1580. The van der Waals surface area contributed by atoms with Gasteiger partial charge in [0.2, 0.25) is 17.2 Å². The summed E-state index contributed by atoms with van der Waals surface area (Å²) >= 11 is 17.8. The summed E-state index contributed by atoms with van der Waals surface area (Å²) in [4.78, 5) is 76.2. The van der Waals surface area contributed by atoms with Gasteiger partial charge in [-0.1, -0.05) is 23.2 Å². The highest BCUT2D eigenvalue weighted by molar-refractivity contribution is 7.51. The maximum atomic E-state index is 12.7. The number of carbonyl (C=O) groups excluding carboxylic acids is 3. The number of aliphatic carboxylic acids is 1. The smallest absolute Gasteiger partial charge is 0.349 e. The van der Waals surface area contributed by atoms with Crippen molar-refractivity contribution in [2.75, 3.05) is 48.1 Å². The van der Waals surface area contributed by atoms with Gasteiger partial charge in [-0.25, -0.2) is 9.69 Å².